The Morgan fingerprint density at radius 1 is 1.07 bits per heavy atom. The zero-order chi connectivity index (χ0) is 21.1. The maximum Gasteiger partial charge on any atom is 0.416 e. The lowest BCUT2D eigenvalue weighted by molar-refractivity contribution is -0.137. The highest BCUT2D eigenvalue weighted by atomic mass is 32.2. The van der Waals surface area contributed by atoms with E-state index in [1.807, 2.05) is 0 Å². The van der Waals surface area contributed by atoms with Crippen molar-refractivity contribution in [1.29, 1.82) is 0 Å². The van der Waals surface area contributed by atoms with Gasteiger partial charge in [0.2, 0.25) is 10.0 Å². The average Bonchev–Trinajstić information content (AvgIpc) is 2.72. The molecule has 10 heteroatoms. The summed E-state index contributed by atoms with van der Waals surface area (Å²) in [6, 6.07) is 10.1. The second-order valence-electron chi connectivity index (χ2n) is 6.42. The Morgan fingerprint density at radius 2 is 1.72 bits per heavy atom. The molecule has 6 nitrogen and oxygen atoms in total. The molecule has 0 saturated carbocycles. The summed E-state index contributed by atoms with van der Waals surface area (Å²) in [5, 5.41) is 2.53. The molecule has 1 amide bonds. The summed E-state index contributed by atoms with van der Waals surface area (Å²) < 4.78 is 69.9. The zero-order valence-electron chi connectivity index (χ0n) is 15.3. The number of carbonyl (C=O) groups excluding carboxylic acids is 1. The third kappa shape index (κ3) is 5.14. The highest BCUT2D eigenvalue weighted by Crippen LogP contribution is 2.29. The van der Waals surface area contributed by atoms with Gasteiger partial charge in [-0.05, 0) is 42.0 Å². The Kier molecular flexibility index (Phi) is 6.25. The van der Waals surface area contributed by atoms with Gasteiger partial charge in [0.1, 0.15) is 0 Å². The number of rotatable bonds is 5. The molecular weight excluding hydrogens is 409 g/mol. The van der Waals surface area contributed by atoms with Crippen LogP contribution in [0, 0.1) is 0 Å². The van der Waals surface area contributed by atoms with Crippen LogP contribution in [-0.2, 0) is 27.5 Å². The molecular formula is C19H19F3N2O4S. The average molecular weight is 428 g/mol. The van der Waals surface area contributed by atoms with Crippen LogP contribution >= 0.6 is 0 Å². The minimum absolute atomic E-state index is 0.0637. The molecule has 2 aromatic rings. The van der Waals surface area contributed by atoms with E-state index in [1.165, 1.54) is 40.7 Å². The first-order valence-corrected chi connectivity index (χ1v) is 10.2. The fourth-order valence-corrected chi connectivity index (χ4v) is 4.26. The van der Waals surface area contributed by atoms with Crippen molar-refractivity contribution in [3.63, 3.8) is 0 Å². The second-order valence-corrected chi connectivity index (χ2v) is 8.36. The molecule has 156 valence electrons. The number of nitrogens with one attached hydrogen (secondary N) is 1. The molecule has 1 aliphatic heterocycles. The summed E-state index contributed by atoms with van der Waals surface area (Å²) in [5.74, 6) is -0.516. The van der Waals surface area contributed by atoms with E-state index in [9.17, 15) is 26.4 Å². The molecule has 1 saturated heterocycles. The number of morpholine rings is 1. The van der Waals surface area contributed by atoms with E-state index in [0.29, 0.717) is 18.8 Å². The third-order valence-corrected chi connectivity index (χ3v) is 6.34. The van der Waals surface area contributed by atoms with Crippen molar-refractivity contribution in [2.24, 2.45) is 0 Å². The van der Waals surface area contributed by atoms with Crippen molar-refractivity contribution in [3.05, 3.63) is 65.2 Å². The first-order valence-electron chi connectivity index (χ1n) is 8.80. The number of ether oxygens (including phenoxy) is 1. The van der Waals surface area contributed by atoms with Gasteiger partial charge < -0.3 is 10.1 Å². The number of halogens is 3. The zero-order valence-corrected chi connectivity index (χ0v) is 16.1. The van der Waals surface area contributed by atoms with Gasteiger partial charge in [0.25, 0.3) is 5.91 Å². The Balaban J connectivity index is 1.65. The predicted molar refractivity (Wildman–Crippen MR) is 98.6 cm³/mol. The first-order chi connectivity index (χ1) is 13.7. The monoisotopic (exact) mass is 428 g/mol. The molecule has 1 aliphatic rings. The largest absolute Gasteiger partial charge is 0.416 e. The maximum absolute atomic E-state index is 12.8. The molecule has 1 heterocycles. The predicted octanol–water partition coefficient (Wildman–Crippen LogP) is 2.66. The van der Waals surface area contributed by atoms with E-state index in [2.05, 4.69) is 5.32 Å². The van der Waals surface area contributed by atoms with Crippen molar-refractivity contribution < 1.29 is 31.1 Å². The third-order valence-electron chi connectivity index (χ3n) is 4.43. The van der Waals surface area contributed by atoms with Crippen LogP contribution in [0.3, 0.4) is 0 Å². The number of sulfonamides is 1. The van der Waals surface area contributed by atoms with E-state index in [0.717, 1.165) is 12.1 Å². The number of alkyl halides is 3. The molecule has 3 rings (SSSR count). The van der Waals surface area contributed by atoms with Gasteiger partial charge in [-0.15, -0.1) is 0 Å². The van der Waals surface area contributed by atoms with Gasteiger partial charge >= 0.3 is 6.18 Å². The van der Waals surface area contributed by atoms with E-state index < -0.39 is 27.7 Å². The summed E-state index contributed by atoms with van der Waals surface area (Å²) >= 11 is 0. The van der Waals surface area contributed by atoms with Crippen LogP contribution in [-0.4, -0.2) is 44.9 Å². The maximum atomic E-state index is 12.8. The van der Waals surface area contributed by atoms with Crippen molar-refractivity contribution in [3.8, 4) is 0 Å². The minimum Gasteiger partial charge on any atom is -0.379 e. The van der Waals surface area contributed by atoms with Crippen LogP contribution in [0.4, 0.5) is 13.2 Å². The Hall–Kier alpha value is -2.43. The first kappa shape index (κ1) is 21.3. The molecule has 0 atom stereocenters. The molecule has 29 heavy (non-hydrogen) atoms. The summed E-state index contributed by atoms with van der Waals surface area (Å²) in [6.45, 7) is 1.10. The highest BCUT2D eigenvalue weighted by Gasteiger charge is 2.30. The van der Waals surface area contributed by atoms with Crippen LogP contribution in [0.15, 0.2) is 53.4 Å². The lowest BCUT2D eigenvalue weighted by Crippen LogP contribution is -2.40. The van der Waals surface area contributed by atoms with Crippen LogP contribution in [0.1, 0.15) is 21.5 Å². The smallest absolute Gasteiger partial charge is 0.379 e. The van der Waals surface area contributed by atoms with Crippen molar-refractivity contribution in [2.75, 3.05) is 26.3 Å². The van der Waals surface area contributed by atoms with Crippen LogP contribution in [0.5, 0.6) is 0 Å². The molecule has 2 aromatic carbocycles. The molecule has 0 radical (unpaired) electrons. The summed E-state index contributed by atoms with van der Waals surface area (Å²) in [7, 11) is -3.66. The Labute approximate surface area is 166 Å². The summed E-state index contributed by atoms with van der Waals surface area (Å²) in [4.78, 5) is 12.3. The van der Waals surface area contributed by atoms with E-state index >= 15 is 0 Å². The standard InChI is InChI=1S/C19H19F3N2O4S/c20-19(21,22)16-3-1-2-14(12-16)13-23-18(25)15-4-6-17(7-5-15)29(26,27)24-8-10-28-11-9-24/h1-7,12H,8-11,13H2,(H,23,25). The normalized spacial score (nSPS) is 15.8. The fourth-order valence-electron chi connectivity index (χ4n) is 2.86. The topological polar surface area (TPSA) is 75.7 Å². The number of carbonyl (C=O) groups is 1. The Morgan fingerprint density at radius 3 is 2.34 bits per heavy atom. The second kappa shape index (κ2) is 8.52. The van der Waals surface area contributed by atoms with Crippen LogP contribution < -0.4 is 5.32 Å². The number of nitrogens with zero attached hydrogens (tertiary/aromatic N) is 1. The number of hydrogen-bond acceptors (Lipinski definition) is 4. The van der Waals surface area contributed by atoms with E-state index in [-0.39, 0.29) is 30.1 Å². The van der Waals surface area contributed by atoms with Crippen molar-refractivity contribution in [1.82, 2.24) is 9.62 Å². The number of benzene rings is 2. The molecule has 1 fully saturated rings. The quantitative estimate of drug-likeness (QED) is 0.795. The van der Waals surface area contributed by atoms with Crippen molar-refractivity contribution >= 4 is 15.9 Å². The van der Waals surface area contributed by atoms with Gasteiger partial charge in [-0.2, -0.15) is 17.5 Å². The molecule has 0 unspecified atom stereocenters. The molecule has 0 spiro atoms. The lowest BCUT2D eigenvalue weighted by atomic mass is 10.1. The van der Waals surface area contributed by atoms with Crippen molar-refractivity contribution in [2.45, 2.75) is 17.6 Å². The summed E-state index contributed by atoms with van der Waals surface area (Å²) in [5.41, 5.74) is -0.278. The van der Waals surface area contributed by atoms with Gasteiger partial charge in [-0.3, -0.25) is 4.79 Å². The SMILES string of the molecule is O=C(NCc1cccc(C(F)(F)F)c1)c1ccc(S(=O)(=O)N2CCOCC2)cc1. The molecule has 0 aliphatic carbocycles. The highest BCUT2D eigenvalue weighted by molar-refractivity contribution is 7.89. The van der Waals surface area contributed by atoms with Crippen LogP contribution in [0.25, 0.3) is 0 Å². The van der Waals surface area contributed by atoms with Gasteiger partial charge in [-0.1, -0.05) is 12.1 Å². The fraction of sp³-hybridized carbons (Fsp3) is 0.316. The molecule has 0 aromatic heterocycles. The van der Waals surface area contributed by atoms with Gasteiger partial charge in [0.15, 0.2) is 0 Å². The van der Waals surface area contributed by atoms with Gasteiger partial charge in [0, 0.05) is 25.2 Å². The number of hydrogen-bond donors (Lipinski definition) is 1. The van der Waals surface area contributed by atoms with Crippen LogP contribution in [0.2, 0.25) is 0 Å². The number of amides is 1. The Bertz CT molecular complexity index is 970. The van der Waals surface area contributed by atoms with Gasteiger partial charge in [0.05, 0.1) is 23.7 Å². The molecule has 0 bridgehead atoms. The minimum atomic E-state index is -4.46. The van der Waals surface area contributed by atoms with E-state index in [1.54, 1.807) is 0 Å². The molecule has 1 N–H and O–H groups in total. The lowest BCUT2D eigenvalue weighted by Gasteiger charge is -2.26. The summed E-state index contributed by atoms with van der Waals surface area (Å²) in [6.07, 6.45) is -4.46. The van der Waals surface area contributed by atoms with Gasteiger partial charge in [-0.25, -0.2) is 8.42 Å². The van der Waals surface area contributed by atoms with E-state index in [4.69, 9.17) is 4.74 Å².